The van der Waals surface area contributed by atoms with Crippen LogP contribution in [0.2, 0.25) is 0 Å². The highest BCUT2D eigenvalue weighted by atomic mass is 32.1. The standard InChI is InChI=1S/C19H22F2N4OS/c1-4-22-18-24-13-7-5-6-12-15(11-8-9-14(23-10-11)25(2)3)19(20,21)26-16(12)17(13)27-18/h8-10,15H,4-7H2,1-3H3,(H,22,24). The second-order valence-electron chi connectivity index (χ2n) is 6.97. The predicted molar refractivity (Wildman–Crippen MR) is 103 cm³/mol. The Labute approximate surface area is 161 Å². The van der Waals surface area contributed by atoms with Crippen LogP contribution in [0, 0.1) is 0 Å². The third-order valence-corrected chi connectivity index (χ3v) is 5.92. The summed E-state index contributed by atoms with van der Waals surface area (Å²) in [5.41, 5.74) is 1.99. The van der Waals surface area contributed by atoms with Gasteiger partial charge in [-0.05, 0) is 43.4 Å². The van der Waals surface area contributed by atoms with Crippen molar-refractivity contribution in [2.24, 2.45) is 0 Å². The van der Waals surface area contributed by atoms with Crippen LogP contribution in [0.3, 0.4) is 0 Å². The van der Waals surface area contributed by atoms with Gasteiger partial charge in [0.2, 0.25) is 0 Å². The monoisotopic (exact) mass is 392 g/mol. The van der Waals surface area contributed by atoms with E-state index in [1.165, 1.54) is 17.5 Å². The molecular weight excluding hydrogens is 370 g/mol. The molecule has 4 rings (SSSR count). The van der Waals surface area contributed by atoms with Crippen molar-refractivity contribution < 1.29 is 13.5 Å². The maximum Gasteiger partial charge on any atom is 0.408 e. The van der Waals surface area contributed by atoms with Crippen molar-refractivity contribution >= 4 is 28.0 Å². The number of pyridine rings is 1. The number of halogens is 2. The van der Waals surface area contributed by atoms with E-state index in [1.54, 1.807) is 12.1 Å². The van der Waals surface area contributed by atoms with Gasteiger partial charge < -0.3 is 15.0 Å². The second-order valence-corrected chi connectivity index (χ2v) is 7.97. The Morgan fingerprint density at radius 3 is 2.81 bits per heavy atom. The lowest BCUT2D eigenvalue weighted by Gasteiger charge is -2.21. The normalized spacial score (nSPS) is 20.6. The van der Waals surface area contributed by atoms with E-state index in [0.717, 1.165) is 40.9 Å². The van der Waals surface area contributed by atoms with E-state index >= 15 is 0 Å². The van der Waals surface area contributed by atoms with Crippen molar-refractivity contribution in [2.45, 2.75) is 38.2 Å². The fourth-order valence-corrected chi connectivity index (χ4v) is 4.74. The van der Waals surface area contributed by atoms with Crippen LogP contribution in [0.25, 0.3) is 5.76 Å². The topological polar surface area (TPSA) is 50.3 Å². The summed E-state index contributed by atoms with van der Waals surface area (Å²) >= 11 is 1.39. The zero-order chi connectivity index (χ0) is 19.2. The van der Waals surface area contributed by atoms with Gasteiger partial charge in [-0.3, -0.25) is 0 Å². The minimum absolute atomic E-state index is 0.316. The SMILES string of the molecule is CCNc1nc2c(s1)C1=C(CCC2)C(c2ccc(N(C)C)nc2)C(F)(F)O1. The number of alkyl halides is 2. The summed E-state index contributed by atoms with van der Waals surface area (Å²) in [6.07, 6.45) is 0.368. The van der Waals surface area contributed by atoms with Crippen LogP contribution in [-0.2, 0) is 11.2 Å². The number of anilines is 2. The molecule has 0 fully saturated rings. The van der Waals surface area contributed by atoms with Gasteiger partial charge in [0, 0.05) is 26.8 Å². The molecule has 1 N–H and O–H groups in total. The van der Waals surface area contributed by atoms with Gasteiger partial charge in [0.25, 0.3) is 0 Å². The molecular formula is C19H22F2N4OS. The summed E-state index contributed by atoms with van der Waals surface area (Å²) in [5.74, 6) is -0.0567. The minimum atomic E-state index is -3.29. The van der Waals surface area contributed by atoms with E-state index in [9.17, 15) is 8.78 Å². The number of fused-ring (bicyclic) bond motifs is 2. The third kappa shape index (κ3) is 3.16. The van der Waals surface area contributed by atoms with E-state index in [0.29, 0.717) is 23.3 Å². The summed E-state index contributed by atoms with van der Waals surface area (Å²) in [7, 11) is 3.74. The molecule has 1 atom stereocenters. The maximum absolute atomic E-state index is 14.9. The first-order valence-corrected chi connectivity index (χ1v) is 9.89. The molecule has 5 nitrogen and oxygen atoms in total. The van der Waals surface area contributed by atoms with Gasteiger partial charge in [0.1, 0.15) is 17.5 Å². The molecule has 0 spiro atoms. The Balaban J connectivity index is 1.77. The number of hydrogen-bond donors (Lipinski definition) is 1. The maximum atomic E-state index is 14.9. The lowest BCUT2D eigenvalue weighted by molar-refractivity contribution is -0.192. The number of aromatic nitrogens is 2. The smallest absolute Gasteiger partial charge is 0.408 e. The third-order valence-electron chi connectivity index (χ3n) is 4.87. The van der Waals surface area contributed by atoms with Gasteiger partial charge >= 0.3 is 6.11 Å². The van der Waals surface area contributed by atoms with Gasteiger partial charge in [-0.2, -0.15) is 8.78 Å². The molecule has 0 radical (unpaired) electrons. The highest BCUT2D eigenvalue weighted by Crippen LogP contribution is 2.55. The molecule has 2 aromatic rings. The minimum Gasteiger partial charge on any atom is -0.430 e. The molecule has 0 saturated carbocycles. The van der Waals surface area contributed by atoms with E-state index in [2.05, 4.69) is 15.3 Å². The number of hydrogen-bond acceptors (Lipinski definition) is 6. The van der Waals surface area contributed by atoms with Crippen molar-refractivity contribution in [1.82, 2.24) is 9.97 Å². The zero-order valence-electron chi connectivity index (χ0n) is 15.6. The number of thiazole rings is 1. The largest absolute Gasteiger partial charge is 0.430 e. The van der Waals surface area contributed by atoms with Gasteiger partial charge in [0.05, 0.1) is 10.6 Å². The number of nitrogens with zero attached hydrogens (tertiary/aromatic N) is 3. The van der Waals surface area contributed by atoms with Crippen LogP contribution in [0.4, 0.5) is 19.7 Å². The molecule has 3 heterocycles. The molecule has 144 valence electrons. The van der Waals surface area contributed by atoms with Crippen LogP contribution in [0.15, 0.2) is 23.9 Å². The fraction of sp³-hybridized carbons (Fsp3) is 0.474. The molecule has 1 aliphatic heterocycles. The summed E-state index contributed by atoms with van der Waals surface area (Å²) in [6, 6.07) is 3.49. The van der Waals surface area contributed by atoms with Crippen molar-refractivity contribution in [2.75, 3.05) is 30.9 Å². The van der Waals surface area contributed by atoms with Crippen LogP contribution in [-0.4, -0.2) is 36.7 Å². The number of aryl methyl sites for hydroxylation is 1. The Morgan fingerprint density at radius 2 is 2.15 bits per heavy atom. The average Bonchev–Trinajstić information content (AvgIpc) is 3.08. The number of nitrogens with one attached hydrogen (secondary N) is 1. The predicted octanol–water partition coefficient (Wildman–Crippen LogP) is 4.49. The van der Waals surface area contributed by atoms with Gasteiger partial charge in [0.15, 0.2) is 5.13 Å². The lowest BCUT2D eigenvalue weighted by atomic mass is 9.89. The first kappa shape index (κ1) is 18.2. The second kappa shape index (κ2) is 6.74. The van der Waals surface area contributed by atoms with Crippen LogP contribution < -0.4 is 10.2 Å². The van der Waals surface area contributed by atoms with Gasteiger partial charge in [-0.15, -0.1) is 0 Å². The molecule has 8 heteroatoms. The fourth-order valence-electron chi connectivity index (χ4n) is 3.64. The van der Waals surface area contributed by atoms with Crippen molar-refractivity contribution in [1.29, 1.82) is 0 Å². The van der Waals surface area contributed by atoms with E-state index in [1.807, 2.05) is 25.9 Å². The number of ether oxygens (including phenoxy) is 1. The van der Waals surface area contributed by atoms with Crippen molar-refractivity contribution in [3.05, 3.63) is 40.0 Å². The molecule has 0 saturated heterocycles. The Morgan fingerprint density at radius 1 is 1.33 bits per heavy atom. The molecule has 1 aliphatic carbocycles. The van der Waals surface area contributed by atoms with E-state index < -0.39 is 12.0 Å². The highest BCUT2D eigenvalue weighted by molar-refractivity contribution is 7.16. The van der Waals surface area contributed by atoms with E-state index in [-0.39, 0.29) is 0 Å². The summed E-state index contributed by atoms with van der Waals surface area (Å²) in [6.45, 7) is 2.72. The highest BCUT2D eigenvalue weighted by Gasteiger charge is 2.53. The number of rotatable bonds is 4. The molecule has 1 unspecified atom stereocenters. The van der Waals surface area contributed by atoms with Gasteiger partial charge in [-0.25, -0.2) is 9.97 Å². The van der Waals surface area contributed by atoms with Crippen LogP contribution >= 0.6 is 11.3 Å². The molecule has 2 aromatic heterocycles. The Hall–Kier alpha value is -2.22. The van der Waals surface area contributed by atoms with E-state index in [4.69, 9.17) is 4.74 Å². The lowest BCUT2D eigenvalue weighted by Crippen LogP contribution is -2.25. The van der Waals surface area contributed by atoms with Crippen molar-refractivity contribution in [3.8, 4) is 0 Å². The summed E-state index contributed by atoms with van der Waals surface area (Å²) < 4.78 is 35.1. The van der Waals surface area contributed by atoms with Crippen molar-refractivity contribution in [3.63, 3.8) is 0 Å². The molecule has 0 aromatic carbocycles. The molecule has 0 amide bonds. The first-order valence-electron chi connectivity index (χ1n) is 9.07. The van der Waals surface area contributed by atoms with Crippen LogP contribution in [0.1, 0.15) is 41.8 Å². The molecule has 0 bridgehead atoms. The quantitative estimate of drug-likeness (QED) is 0.831. The molecule has 27 heavy (non-hydrogen) atoms. The first-order chi connectivity index (χ1) is 12.9. The summed E-state index contributed by atoms with van der Waals surface area (Å²) in [4.78, 5) is 11.5. The Kier molecular flexibility index (Phi) is 4.53. The molecule has 2 aliphatic rings. The average molecular weight is 392 g/mol. The Bertz CT molecular complexity index is 876. The zero-order valence-corrected chi connectivity index (χ0v) is 16.4. The van der Waals surface area contributed by atoms with Crippen LogP contribution in [0.5, 0.6) is 0 Å². The summed E-state index contributed by atoms with van der Waals surface area (Å²) in [5, 5.41) is 3.93. The van der Waals surface area contributed by atoms with Gasteiger partial charge in [-0.1, -0.05) is 17.4 Å².